The number of hydrogen-bond acceptors (Lipinski definition) is 5. The molecule has 15 heavy (non-hydrogen) atoms. The van der Waals surface area contributed by atoms with E-state index in [4.69, 9.17) is 4.42 Å². The molecule has 5 heteroatoms. The number of carbonyl (C=O) groups excluding carboxylic acids is 1. The Morgan fingerprint density at radius 3 is 3.00 bits per heavy atom. The summed E-state index contributed by atoms with van der Waals surface area (Å²) in [5.41, 5.74) is 0.188. The molecule has 0 atom stereocenters. The molecule has 0 bridgehead atoms. The number of benzene rings is 1. The van der Waals surface area contributed by atoms with Crippen molar-refractivity contribution in [3.8, 4) is 0 Å². The van der Waals surface area contributed by atoms with Crippen LogP contribution in [-0.4, -0.2) is 18.1 Å². The van der Waals surface area contributed by atoms with Crippen LogP contribution in [0.1, 0.15) is 10.4 Å². The number of aromatic nitrogens is 1. The van der Waals surface area contributed by atoms with Gasteiger partial charge in [-0.3, -0.25) is 0 Å². The molecule has 0 unspecified atom stereocenters. The summed E-state index contributed by atoms with van der Waals surface area (Å²) in [5, 5.41) is 0. The second-order valence-corrected chi connectivity index (χ2v) is 2.82. The molecule has 1 aromatic carbocycles. The number of rotatable bonds is 1. The average Bonchev–Trinajstić information content (AvgIpc) is 2.27. The molecule has 1 heterocycles. The highest BCUT2D eigenvalue weighted by atomic mass is 16.5. The first-order chi connectivity index (χ1) is 7.22. The Kier molecular flexibility index (Phi) is 2.21. The van der Waals surface area contributed by atoms with Crippen LogP contribution in [0.25, 0.3) is 11.1 Å². The van der Waals surface area contributed by atoms with E-state index >= 15 is 0 Å². The zero-order valence-electron chi connectivity index (χ0n) is 7.89. The number of hydrogen-bond donors (Lipinski definition) is 0. The van der Waals surface area contributed by atoms with Gasteiger partial charge in [0.05, 0.1) is 7.11 Å². The predicted molar refractivity (Wildman–Crippen MR) is 51.6 cm³/mol. The number of ether oxygens (including phenoxy) is 1. The third kappa shape index (κ3) is 1.59. The molecule has 0 aliphatic heterocycles. The molecule has 76 valence electrons. The summed E-state index contributed by atoms with van der Waals surface area (Å²) in [7, 11) is 1.26. The summed E-state index contributed by atoms with van der Waals surface area (Å²) in [5.74, 6) is -0.559. The Hall–Kier alpha value is -2.17. The second-order valence-electron chi connectivity index (χ2n) is 2.82. The van der Waals surface area contributed by atoms with Gasteiger partial charge in [0.1, 0.15) is 17.3 Å². The molecule has 0 spiro atoms. The Bertz CT molecular complexity index is 573. The van der Waals surface area contributed by atoms with Crippen LogP contribution in [-0.2, 0) is 4.74 Å². The molecule has 0 N–H and O–H groups in total. The van der Waals surface area contributed by atoms with E-state index in [1.165, 1.54) is 13.2 Å². The third-order valence-corrected chi connectivity index (χ3v) is 1.91. The Balaban J connectivity index is 2.79. The number of fused-ring (bicyclic) bond motifs is 1. The quantitative estimate of drug-likeness (QED) is 0.649. The molecule has 1 aromatic heterocycles. The molecular weight excluding hydrogens is 198 g/mol. The first-order valence-corrected chi connectivity index (χ1v) is 4.19. The van der Waals surface area contributed by atoms with Gasteiger partial charge in [0.15, 0.2) is 5.58 Å². The monoisotopic (exact) mass is 205 g/mol. The first kappa shape index (κ1) is 9.39. The van der Waals surface area contributed by atoms with Gasteiger partial charge in [0, 0.05) is 0 Å². The van der Waals surface area contributed by atoms with Crippen molar-refractivity contribution >= 4 is 17.1 Å². The smallest absolute Gasteiger partial charge is 0.354 e. The SMILES string of the molecule is COC(=O)c1cccc2ncc(=O)oc12. The summed E-state index contributed by atoms with van der Waals surface area (Å²) in [4.78, 5) is 26.1. The van der Waals surface area contributed by atoms with Crippen molar-refractivity contribution in [1.82, 2.24) is 4.98 Å². The lowest BCUT2D eigenvalue weighted by molar-refractivity contribution is 0.0601. The zero-order chi connectivity index (χ0) is 10.8. The number of methoxy groups -OCH3 is 1. The van der Waals surface area contributed by atoms with Gasteiger partial charge in [-0.25, -0.2) is 14.6 Å². The fraction of sp³-hybridized carbons (Fsp3) is 0.100. The largest absolute Gasteiger partial charge is 0.465 e. The van der Waals surface area contributed by atoms with Gasteiger partial charge in [-0.05, 0) is 12.1 Å². The maximum atomic E-state index is 11.3. The van der Waals surface area contributed by atoms with Crippen molar-refractivity contribution in [2.75, 3.05) is 7.11 Å². The number of carbonyl (C=O) groups is 1. The predicted octanol–water partition coefficient (Wildman–Crippen LogP) is 0.975. The topological polar surface area (TPSA) is 69.4 Å². The van der Waals surface area contributed by atoms with E-state index < -0.39 is 11.6 Å². The molecule has 0 saturated carbocycles. The highest BCUT2D eigenvalue weighted by Crippen LogP contribution is 2.15. The van der Waals surface area contributed by atoms with Crippen LogP contribution in [0.2, 0.25) is 0 Å². The average molecular weight is 205 g/mol. The maximum Gasteiger partial charge on any atom is 0.354 e. The molecule has 0 aliphatic carbocycles. The fourth-order valence-corrected chi connectivity index (χ4v) is 1.25. The molecule has 2 aromatic rings. The minimum absolute atomic E-state index is 0.150. The van der Waals surface area contributed by atoms with Crippen LogP contribution in [0.5, 0.6) is 0 Å². The number of para-hydroxylation sites is 1. The van der Waals surface area contributed by atoms with Crippen LogP contribution in [0, 0.1) is 0 Å². The molecular formula is C10H7NO4. The van der Waals surface area contributed by atoms with E-state index in [0.717, 1.165) is 6.20 Å². The molecule has 0 radical (unpaired) electrons. The normalized spacial score (nSPS) is 10.2. The van der Waals surface area contributed by atoms with Crippen molar-refractivity contribution in [3.05, 3.63) is 40.4 Å². The Morgan fingerprint density at radius 1 is 1.47 bits per heavy atom. The van der Waals surface area contributed by atoms with Crippen LogP contribution in [0.15, 0.2) is 33.6 Å². The minimum atomic E-state index is -0.598. The molecule has 0 aliphatic rings. The zero-order valence-corrected chi connectivity index (χ0v) is 7.89. The van der Waals surface area contributed by atoms with Crippen molar-refractivity contribution in [1.29, 1.82) is 0 Å². The van der Waals surface area contributed by atoms with Crippen molar-refractivity contribution in [3.63, 3.8) is 0 Å². The van der Waals surface area contributed by atoms with Crippen LogP contribution in [0.4, 0.5) is 0 Å². The van der Waals surface area contributed by atoms with E-state index in [2.05, 4.69) is 9.72 Å². The van der Waals surface area contributed by atoms with Crippen molar-refractivity contribution in [2.45, 2.75) is 0 Å². The van der Waals surface area contributed by atoms with Gasteiger partial charge in [-0.2, -0.15) is 0 Å². The van der Waals surface area contributed by atoms with Gasteiger partial charge < -0.3 is 9.15 Å². The summed E-state index contributed by atoms with van der Waals surface area (Å²) in [6, 6.07) is 4.80. The van der Waals surface area contributed by atoms with Crippen LogP contribution in [0.3, 0.4) is 0 Å². The van der Waals surface area contributed by atoms with Gasteiger partial charge >= 0.3 is 11.6 Å². The van der Waals surface area contributed by atoms with E-state index in [9.17, 15) is 9.59 Å². The van der Waals surface area contributed by atoms with Gasteiger partial charge in [0.2, 0.25) is 0 Å². The summed E-state index contributed by atoms with van der Waals surface area (Å²) in [6.45, 7) is 0. The van der Waals surface area contributed by atoms with Crippen molar-refractivity contribution in [2.24, 2.45) is 0 Å². The Labute approximate surface area is 84.3 Å². The fourth-order valence-electron chi connectivity index (χ4n) is 1.25. The summed E-state index contributed by atoms with van der Waals surface area (Å²) >= 11 is 0. The first-order valence-electron chi connectivity index (χ1n) is 4.19. The lowest BCUT2D eigenvalue weighted by Gasteiger charge is -2.01. The third-order valence-electron chi connectivity index (χ3n) is 1.91. The number of nitrogens with zero attached hydrogens (tertiary/aromatic N) is 1. The summed E-state index contributed by atoms with van der Waals surface area (Å²) < 4.78 is 9.45. The lowest BCUT2D eigenvalue weighted by Crippen LogP contribution is -2.05. The maximum absolute atomic E-state index is 11.3. The van der Waals surface area contributed by atoms with Gasteiger partial charge in [-0.15, -0.1) is 0 Å². The van der Waals surface area contributed by atoms with Crippen LogP contribution < -0.4 is 5.63 Å². The standard InChI is InChI=1S/C10H7NO4/c1-14-10(13)6-3-2-4-7-9(6)15-8(12)5-11-7/h2-5H,1H3. The van der Waals surface area contributed by atoms with Crippen LogP contribution >= 0.6 is 0 Å². The van der Waals surface area contributed by atoms with Crippen molar-refractivity contribution < 1.29 is 13.9 Å². The molecule has 0 fully saturated rings. The van der Waals surface area contributed by atoms with Gasteiger partial charge in [-0.1, -0.05) is 6.07 Å². The molecule has 5 nitrogen and oxygen atoms in total. The van der Waals surface area contributed by atoms with Gasteiger partial charge in [0.25, 0.3) is 0 Å². The molecule has 2 rings (SSSR count). The minimum Gasteiger partial charge on any atom is -0.465 e. The van der Waals surface area contributed by atoms with E-state index in [1.807, 2.05) is 0 Å². The highest BCUT2D eigenvalue weighted by molar-refractivity contribution is 6.00. The second kappa shape index (κ2) is 3.53. The lowest BCUT2D eigenvalue weighted by atomic mass is 10.2. The van der Waals surface area contributed by atoms with E-state index in [1.54, 1.807) is 12.1 Å². The summed E-state index contributed by atoms with van der Waals surface area (Å²) in [6.07, 6.45) is 1.06. The van der Waals surface area contributed by atoms with E-state index in [-0.39, 0.29) is 11.1 Å². The van der Waals surface area contributed by atoms with E-state index in [0.29, 0.717) is 5.52 Å². The highest BCUT2D eigenvalue weighted by Gasteiger charge is 2.12. The number of esters is 1. The Morgan fingerprint density at radius 2 is 2.27 bits per heavy atom. The molecule has 0 amide bonds. The molecule has 0 saturated heterocycles.